The number of hydrogen-bond acceptors (Lipinski definition) is 3. The van der Waals surface area contributed by atoms with Crippen LogP contribution in [0.3, 0.4) is 0 Å². The predicted molar refractivity (Wildman–Crippen MR) is 37.7 cm³/mol. The van der Waals surface area contributed by atoms with Gasteiger partial charge in [0.1, 0.15) is 0 Å². The van der Waals surface area contributed by atoms with Gasteiger partial charge in [-0.1, -0.05) is 6.58 Å². The topological polar surface area (TPSA) is 72.6 Å². The molecule has 0 unspecified atom stereocenters. The molecule has 0 saturated carbocycles. The largest absolute Gasteiger partial charge is 0.283 e. The average Bonchev–Trinajstić information content (AvgIpc) is 1.94. The first-order valence-electron chi connectivity index (χ1n) is 2.74. The Hall–Kier alpha value is -1.78. The SMILES string of the molecule is C=C1C=NC(=O)C=C1[N+](=O)[O-]. The van der Waals surface area contributed by atoms with Gasteiger partial charge in [-0.25, -0.2) is 4.99 Å². The van der Waals surface area contributed by atoms with Crippen LogP contribution in [0.2, 0.25) is 0 Å². The average molecular weight is 152 g/mol. The molecule has 0 atom stereocenters. The van der Waals surface area contributed by atoms with Crippen molar-refractivity contribution in [1.82, 2.24) is 0 Å². The van der Waals surface area contributed by atoms with E-state index in [1.807, 2.05) is 0 Å². The number of rotatable bonds is 1. The molecule has 0 aromatic heterocycles. The van der Waals surface area contributed by atoms with E-state index in [1.165, 1.54) is 0 Å². The van der Waals surface area contributed by atoms with E-state index in [-0.39, 0.29) is 11.3 Å². The molecule has 56 valence electrons. The van der Waals surface area contributed by atoms with E-state index in [0.29, 0.717) is 0 Å². The van der Waals surface area contributed by atoms with Gasteiger partial charge < -0.3 is 0 Å². The molecule has 0 N–H and O–H groups in total. The first kappa shape index (κ1) is 7.33. The molecule has 1 heterocycles. The van der Waals surface area contributed by atoms with Crippen LogP contribution in [0, 0.1) is 10.1 Å². The van der Waals surface area contributed by atoms with Crippen LogP contribution in [0.4, 0.5) is 0 Å². The molecule has 0 radical (unpaired) electrons. The van der Waals surface area contributed by atoms with Gasteiger partial charge in [0.25, 0.3) is 11.6 Å². The van der Waals surface area contributed by atoms with E-state index in [9.17, 15) is 14.9 Å². The Morgan fingerprint density at radius 1 is 1.64 bits per heavy atom. The van der Waals surface area contributed by atoms with Crippen LogP contribution in [0.15, 0.2) is 28.9 Å². The van der Waals surface area contributed by atoms with E-state index in [2.05, 4.69) is 11.6 Å². The highest BCUT2D eigenvalue weighted by atomic mass is 16.6. The molecule has 0 aromatic rings. The molecular formula is C6H4N2O3. The molecule has 1 rings (SSSR count). The van der Waals surface area contributed by atoms with E-state index in [0.717, 1.165) is 12.3 Å². The summed E-state index contributed by atoms with van der Waals surface area (Å²) in [7, 11) is 0. The number of amides is 1. The predicted octanol–water partition coefficient (Wildman–Crippen LogP) is 0.314. The van der Waals surface area contributed by atoms with Gasteiger partial charge in [0.05, 0.1) is 16.6 Å². The summed E-state index contributed by atoms with van der Waals surface area (Å²) in [6.45, 7) is 3.34. The van der Waals surface area contributed by atoms with Gasteiger partial charge in [0, 0.05) is 6.21 Å². The van der Waals surface area contributed by atoms with Gasteiger partial charge in [-0.15, -0.1) is 0 Å². The Labute approximate surface area is 61.9 Å². The number of dihydropyridines is 1. The number of nitrogens with zero attached hydrogens (tertiary/aromatic N) is 2. The van der Waals surface area contributed by atoms with Crippen LogP contribution in [-0.4, -0.2) is 17.0 Å². The Kier molecular flexibility index (Phi) is 1.63. The van der Waals surface area contributed by atoms with Crippen molar-refractivity contribution in [2.75, 3.05) is 0 Å². The highest BCUT2D eigenvalue weighted by Crippen LogP contribution is 2.10. The summed E-state index contributed by atoms with van der Waals surface area (Å²) in [6.07, 6.45) is 1.93. The molecule has 0 fully saturated rings. The third kappa shape index (κ3) is 1.37. The number of carbonyl (C=O) groups excluding carboxylic acids is 1. The van der Waals surface area contributed by atoms with Crippen LogP contribution in [0.25, 0.3) is 0 Å². The maximum Gasteiger partial charge on any atom is 0.283 e. The van der Waals surface area contributed by atoms with E-state index in [1.54, 1.807) is 0 Å². The van der Waals surface area contributed by atoms with Crippen molar-refractivity contribution < 1.29 is 9.72 Å². The molecule has 0 saturated heterocycles. The van der Waals surface area contributed by atoms with Gasteiger partial charge in [-0.05, 0) is 0 Å². The van der Waals surface area contributed by atoms with Crippen LogP contribution >= 0.6 is 0 Å². The van der Waals surface area contributed by atoms with Crippen LogP contribution in [0.1, 0.15) is 0 Å². The van der Waals surface area contributed by atoms with E-state index in [4.69, 9.17) is 0 Å². The Morgan fingerprint density at radius 2 is 2.27 bits per heavy atom. The zero-order valence-corrected chi connectivity index (χ0v) is 5.48. The molecule has 11 heavy (non-hydrogen) atoms. The summed E-state index contributed by atoms with van der Waals surface area (Å²) in [5, 5.41) is 10.2. The minimum atomic E-state index is -0.661. The summed E-state index contributed by atoms with van der Waals surface area (Å²) >= 11 is 0. The van der Waals surface area contributed by atoms with Crippen LogP contribution in [-0.2, 0) is 4.79 Å². The highest BCUT2D eigenvalue weighted by molar-refractivity contribution is 6.03. The summed E-state index contributed by atoms with van der Waals surface area (Å²) in [5.74, 6) is -0.621. The molecule has 0 aromatic carbocycles. The van der Waals surface area contributed by atoms with Crippen molar-refractivity contribution in [1.29, 1.82) is 0 Å². The lowest BCUT2D eigenvalue weighted by molar-refractivity contribution is -0.419. The van der Waals surface area contributed by atoms with E-state index < -0.39 is 10.8 Å². The van der Waals surface area contributed by atoms with Crippen molar-refractivity contribution in [3.8, 4) is 0 Å². The first-order valence-corrected chi connectivity index (χ1v) is 2.74. The van der Waals surface area contributed by atoms with Crippen molar-refractivity contribution >= 4 is 12.1 Å². The fourth-order valence-corrected chi connectivity index (χ4v) is 0.625. The fraction of sp³-hybridized carbons (Fsp3) is 0. The Bertz CT molecular complexity index is 301. The van der Waals surface area contributed by atoms with Crippen LogP contribution < -0.4 is 0 Å². The van der Waals surface area contributed by atoms with Crippen molar-refractivity contribution in [2.24, 2.45) is 4.99 Å². The van der Waals surface area contributed by atoms with Crippen molar-refractivity contribution in [2.45, 2.75) is 0 Å². The van der Waals surface area contributed by atoms with Gasteiger partial charge in [0.2, 0.25) is 0 Å². The van der Waals surface area contributed by atoms with E-state index >= 15 is 0 Å². The molecular weight excluding hydrogens is 148 g/mol. The second-order valence-electron chi connectivity index (χ2n) is 1.91. The second kappa shape index (κ2) is 2.45. The molecule has 5 nitrogen and oxygen atoms in total. The molecule has 5 heteroatoms. The normalized spacial score (nSPS) is 16.5. The lowest BCUT2D eigenvalue weighted by Crippen LogP contribution is -2.09. The summed E-state index contributed by atoms with van der Waals surface area (Å²) < 4.78 is 0. The Balaban J connectivity index is 3.03. The fourth-order valence-electron chi connectivity index (χ4n) is 0.625. The number of hydrogen-bond donors (Lipinski definition) is 0. The zero-order valence-electron chi connectivity index (χ0n) is 5.48. The summed E-state index contributed by atoms with van der Waals surface area (Å²) in [4.78, 5) is 23.3. The third-order valence-electron chi connectivity index (χ3n) is 1.13. The number of allylic oxidation sites excluding steroid dienone is 1. The maximum atomic E-state index is 10.5. The van der Waals surface area contributed by atoms with Gasteiger partial charge in [-0.3, -0.25) is 14.9 Å². The smallest absolute Gasteiger partial charge is 0.267 e. The molecule has 1 amide bonds. The lowest BCUT2D eigenvalue weighted by Gasteiger charge is -1.98. The zero-order chi connectivity index (χ0) is 8.43. The van der Waals surface area contributed by atoms with Gasteiger partial charge in [0.15, 0.2) is 0 Å². The van der Waals surface area contributed by atoms with Crippen LogP contribution in [0.5, 0.6) is 0 Å². The lowest BCUT2D eigenvalue weighted by atomic mass is 10.2. The summed E-state index contributed by atoms with van der Waals surface area (Å²) in [6, 6.07) is 0. The molecule has 1 aliphatic rings. The van der Waals surface area contributed by atoms with Gasteiger partial charge >= 0.3 is 0 Å². The molecule has 1 aliphatic heterocycles. The minimum Gasteiger partial charge on any atom is -0.267 e. The molecule has 0 spiro atoms. The highest BCUT2D eigenvalue weighted by Gasteiger charge is 2.19. The standard InChI is InChI=1S/C6H4N2O3/c1-4-3-7-6(9)2-5(4)8(10)11/h2-3H,1H2. The maximum absolute atomic E-state index is 10.5. The molecule has 0 aliphatic carbocycles. The van der Waals surface area contributed by atoms with Crippen molar-refractivity contribution in [3.63, 3.8) is 0 Å². The number of aliphatic imine (C=N–C) groups is 1. The van der Waals surface area contributed by atoms with Gasteiger partial charge in [-0.2, -0.15) is 0 Å². The van der Waals surface area contributed by atoms with Crippen molar-refractivity contribution in [3.05, 3.63) is 34.0 Å². The second-order valence-corrected chi connectivity index (χ2v) is 1.91. The molecule has 0 bridgehead atoms. The monoisotopic (exact) mass is 152 g/mol. The summed E-state index contributed by atoms with van der Waals surface area (Å²) in [5.41, 5.74) is -0.139. The number of carbonyl (C=O) groups is 1. The quantitative estimate of drug-likeness (QED) is 0.401. The number of nitro groups is 1. The minimum absolute atomic E-state index is 0.148. The first-order chi connectivity index (χ1) is 5.11. The Morgan fingerprint density at radius 3 is 2.73 bits per heavy atom. The third-order valence-corrected chi connectivity index (χ3v) is 1.13.